The molecule has 0 spiro atoms. The molecule has 2 aromatic rings. The van der Waals surface area contributed by atoms with E-state index in [2.05, 4.69) is 10.3 Å². The zero-order chi connectivity index (χ0) is 13.4. The number of ether oxygens (including phenoxy) is 1. The van der Waals surface area contributed by atoms with Crippen LogP contribution in [0.25, 0.3) is 5.69 Å². The Morgan fingerprint density at radius 3 is 2.84 bits per heavy atom. The highest BCUT2D eigenvalue weighted by Crippen LogP contribution is 2.42. The molecule has 100 valence electrons. The molecule has 1 heterocycles. The maximum Gasteiger partial charge on any atom is 0.144 e. The van der Waals surface area contributed by atoms with Crippen LogP contribution >= 0.6 is 0 Å². The van der Waals surface area contributed by atoms with Crippen molar-refractivity contribution in [1.29, 1.82) is 0 Å². The molecule has 0 radical (unpaired) electrons. The zero-order valence-corrected chi connectivity index (χ0v) is 11.1. The van der Waals surface area contributed by atoms with Gasteiger partial charge in [-0.05, 0) is 37.5 Å². The molecule has 1 fully saturated rings. The quantitative estimate of drug-likeness (QED) is 0.911. The maximum absolute atomic E-state index is 9.39. The van der Waals surface area contributed by atoms with Crippen LogP contribution in [0.1, 0.15) is 35.7 Å². The molecule has 1 aliphatic rings. The first-order valence-corrected chi connectivity index (χ1v) is 6.45. The Kier molecular flexibility index (Phi) is 2.98. The van der Waals surface area contributed by atoms with Crippen LogP contribution in [0.3, 0.4) is 0 Å². The van der Waals surface area contributed by atoms with Crippen molar-refractivity contribution in [2.24, 2.45) is 0 Å². The molecule has 0 aliphatic heterocycles. The normalized spacial score (nSPS) is 14.7. The van der Waals surface area contributed by atoms with Crippen LogP contribution in [0, 0.1) is 6.92 Å². The van der Waals surface area contributed by atoms with Gasteiger partial charge in [0, 0.05) is 5.92 Å². The van der Waals surface area contributed by atoms with Gasteiger partial charge in [-0.2, -0.15) is 0 Å². The SMILES string of the molecule is COc1ccc(C)cc1-n1nnc(CO)c1C1CC1. The van der Waals surface area contributed by atoms with E-state index in [9.17, 15) is 5.11 Å². The van der Waals surface area contributed by atoms with E-state index in [0.717, 1.165) is 35.5 Å². The molecule has 1 N–H and O–H groups in total. The van der Waals surface area contributed by atoms with Gasteiger partial charge in [0.2, 0.25) is 0 Å². The second-order valence-electron chi connectivity index (χ2n) is 4.94. The van der Waals surface area contributed by atoms with Crippen molar-refractivity contribution in [3.63, 3.8) is 0 Å². The summed E-state index contributed by atoms with van der Waals surface area (Å²) in [6.45, 7) is 1.96. The molecule has 0 unspecified atom stereocenters. The number of aliphatic hydroxyl groups is 1. The summed E-state index contributed by atoms with van der Waals surface area (Å²) in [6.07, 6.45) is 2.27. The first-order valence-electron chi connectivity index (χ1n) is 6.45. The molecule has 5 heteroatoms. The third-order valence-corrected chi connectivity index (χ3v) is 3.46. The minimum atomic E-state index is -0.0695. The number of aromatic nitrogens is 3. The summed E-state index contributed by atoms with van der Waals surface area (Å²) in [7, 11) is 1.65. The van der Waals surface area contributed by atoms with Crippen LogP contribution in [0.15, 0.2) is 18.2 Å². The highest BCUT2D eigenvalue weighted by molar-refractivity contribution is 5.50. The third-order valence-electron chi connectivity index (χ3n) is 3.46. The fraction of sp³-hybridized carbons (Fsp3) is 0.429. The van der Waals surface area contributed by atoms with Crippen LogP contribution in [0.5, 0.6) is 5.75 Å². The van der Waals surface area contributed by atoms with Crippen molar-refractivity contribution in [3.8, 4) is 11.4 Å². The molecule has 0 amide bonds. The van der Waals surface area contributed by atoms with Gasteiger partial charge in [0.25, 0.3) is 0 Å². The van der Waals surface area contributed by atoms with Gasteiger partial charge in [-0.15, -0.1) is 5.10 Å². The smallest absolute Gasteiger partial charge is 0.144 e. The minimum Gasteiger partial charge on any atom is -0.494 e. The number of nitrogens with zero attached hydrogens (tertiary/aromatic N) is 3. The number of methoxy groups -OCH3 is 1. The Hall–Kier alpha value is -1.88. The molecule has 1 saturated carbocycles. The molecule has 3 rings (SSSR count). The number of benzene rings is 1. The van der Waals surface area contributed by atoms with E-state index >= 15 is 0 Å². The second kappa shape index (κ2) is 4.66. The van der Waals surface area contributed by atoms with Crippen molar-refractivity contribution in [1.82, 2.24) is 15.0 Å². The number of rotatable bonds is 4. The van der Waals surface area contributed by atoms with Crippen LogP contribution in [-0.2, 0) is 6.61 Å². The summed E-state index contributed by atoms with van der Waals surface area (Å²) in [5.74, 6) is 1.23. The standard InChI is InChI=1S/C14H17N3O2/c1-9-3-6-13(19-2)12(7-9)17-14(10-4-5-10)11(8-18)15-16-17/h3,6-7,10,18H,4-5,8H2,1-2H3. The predicted octanol–water partition coefficient (Wildman–Crippen LogP) is 1.95. The Bertz CT molecular complexity index is 603. The Morgan fingerprint density at radius 2 is 2.21 bits per heavy atom. The Morgan fingerprint density at radius 1 is 1.42 bits per heavy atom. The van der Waals surface area contributed by atoms with Crippen LogP contribution in [0.2, 0.25) is 0 Å². The minimum absolute atomic E-state index is 0.0695. The monoisotopic (exact) mass is 259 g/mol. The lowest BCUT2D eigenvalue weighted by Crippen LogP contribution is -2.05. The summed E-state index contributed by atoms with van der Waals surface area (Å²) < 4.78 is 7.22. The third kappa shape index (κ3) is 2.10. The Balaban J connectivity index is 2.16. The first kappa shape index (κ1) is 12.2. The van der Waals surface area contributed by atoms with Gasteiger partial charge < -0.3 is 9.84 Å². The number of aryl methyl sites for hydroxylation is 1. The summed E-state index contributed by atoms with van der Waals surface area (Å²) in [4.78, 5) is 0. The molecule has 0 bridgehead atoms. The van der Waals surface area contributed by atoms with E-state index in [1.807, 2.05) is 29.8 Å². The van der Waals surface area contributed by atoms with E-state index < -0.39 is 0 Å². The van der Waals surface area contributed by atoms with Gasteiger partial charge in [0.05, 0.1) is 19.4 Å². The molecule has 0 saturated heterocycles. The highest BCUT2D eigenvalue weighted by atomic mass is 16.5. The summed E-state index contributed by atoms with van der Waals surface area (Å²) >= 11 is 0. The predicted molar refractivity (Wildman–Crippen MR) is 70.5 cm³/mol. The summed E-state index contributed by atoms with van der Waals surface area (Å²) in [5.41, 5.74) is 3.72. The number of aliphatic hydroxyl groups excluding tert-OH is 1. The fourth-order valence-corrected chi connectivity index (χ4v) is 2.34. The van der Waals surface area contributed by atoms with Crippen molar-refractivity contribution in [2.75, 3.05) is 7.11 Å². The molecule has 1 aromatic heterocycles. The van der Waals surface area contributed by atoms with Crippen LogP contribution in [-0.4, -0.2) is 27.2 Å². The van der Waals surface area contributed by atoms with Crippen molar-refractivity contribution in [2.45, 2.75) is 32.3 Å². The number of hydrogen-bond donors (Lipinski definition) is 1. The Labute approximate surface area is 111 Å². The van der Waals surface area contributed by atoms with Gasteiger partial charge in [0.1, 0.15) is 17.1 Å². The van der Waals surface area contributed by atoms with E-state index in [0.29, 0.717) is 11.6 Å². The van der Waals surface area contributed by atoms with Crippen LogP contribution in [0.4, 0.5) is 0 Å². The van der Waals surface area contributed by atoms with Crippen molar-refractivity contribution in [3.05, 3.63) is 35.2 Å². The average Bonchev–Trinajstić information content (AvgIpc) is 3.17. The lowest BCUT2D eigenvalue weighted by Gasteiger charge is -2.11. The van der Waals surface area contributed by atoms with E-state index in [-0.39, 0.29) is 6.61 Å². The molecular weight excluding hydrogens is 242 g/mol. The molecule has 0 atom stereocenters. The molecule has 1 aromatic carbocycles. The van der Waals surface area contributed by atoms with Crippen LogP contribution < -0.4 is 4.74 Å². The lowest BCUT2D eigenvalue weighted by atomic mass is 10.2. The molecule has 1 aliphatic carbocycles. The van der Waals surface area contributed by atoms with Gasteiger partial charge in [-0.25, -0.2) is 4.68 Å². The summed E-state index contributed by atoms with van der Waals surface area (Å²) in [6, 6.07) is 5.96. The fourth-order valence-electron chi connectivity index (χ4n) is 2.34. The summed E-state index contributed by atoms with van der Waals surface area (Å²) in [5, 5.41) is 17.7. The molecule has 19 heavy (non-hydrogen) atoms. The van der Waals surface area contributed by atoms with Gasteiger partial charge in [-0.1, -0.05) is 11.3 Å². The van der Waals surface area contributed by atoms with Crippen molar-refractivity contribution < 1.29 is 9.84 Å². The van der Waals surface area contributed by atoms with Gasteiger partial charge in [0.15, 0.2) is 0 Å². The number of hydrogen-bond acceptors (Lipinski definition) is 4. The largest absolute Gasteiger partial charge is 0.494 e. The first-order chi connectivity index (χ1) is 9.24. The van der Waals surface area contributed by atoms with Gasteiger partial charge >= 0.3 is 0 Å². The van der Waals surface area contributed by atoms with E-state index in [4.69, 9.17) is 4.74 Å². The molecular formula is C14H17N3O2. The lowest BCUT2D eigenvalue weighted by molar-refractivity contribution is 0.275. The highest BCUT2D eigenvalue weighted by Gasteiger charge is 2.32. The van der Waals surface area contributed by atoms with Gasteiger partial charge in [-0.3, -0.25) is 0 Å². The van der Waals surface area contributed by atoms with E-state index in [1.165, 1.54) is 0 Å². The topological polar surface area (TPSA) is 60.2 Å². The molecule has 5 nitrogen and oxygen atoms in total. The van der Waals surface area contributed by atoms with E-state index in [1.54, 1.807) is 7.11 Å². The zero-order valence-electron chi connectivity index (χ0n) is 11.1. The maximum atomic E-state index is 9.39. The second-order valence-corrected chi connectivity index (χ2v) is 4.94. The average molecular weight is 259 g/mol. The van der Waals surface area contributed by atoms with Crippen molar-refractivity contribution >= 4 is 0 Å².